The van der Waals surface area contributed by atoms with E-state index >= 15 is 0 Å². The van der Waals surface area contributed by atoms with Crippen LogP contribution >= 0.6 is 0 Å². The second-order valence-electron chi connectivity index (χ2n) is 7.39. The smallest absolute Gasteiger partial charge is 0.368 e. The first-order valence-corrected chi connectivity index (χ1v) is 9.36. The van der Waals surface area contributed by atoms with Crippen LogP contribution in [0.5, 0.6) is 0 Å². The highest BCUT2D eigenvalue weighted by Gasteiger charge is 2.43. The first-order valence-electron chi connectivity index (χ1n) is 9.36. The third-order valence-electron chi connectivity index (χ3n) is 5.80. The van der Waals surface area contributed by atoms with E-state index in [0.29, 0.717) is 32.2 Å². The number of carbonyl (C=O) groups excluding carboxylic acids is 1. The highest BCUT2D eigenvalue weighted by Crippen LogP contribution is 2.31. The first kappa shape index (κ1) is 18.5. The minimum Gasteiger partial charge on any atom is -0.368 e. The predicted octanol–water partition coefficient (Wildman–Crippen LogP) is 0.809. The Labute approximate surface area is 156 Å². The van der Waals surface area contributed by atoms with Crippen LogP contribution in [0.1, 0.15) is 12.0 Å². The Bertz CT molecular complexity index is 673. The topological polar surface area (TPSA) is 59.6 Å². The minimum absolute atomic E-state index is 0.103. The average Bonchev–Trinajstić information content (AvgIpc) is 3.11. The summed E-state index contributed by atoms with van der Waals surface area (Å²) in [7, 11) is 0. The molecule has 1 aromatic rings. The molecule has 0 aromatic heterocycles. The fourth-order valence-electron chi connectivity index (χ4n) is 4.20. The van der Waals surface area contributed by atoms with Crippen molar-refractivity contribution in [3.63, 3.8) is 0 Å². The van der Waals surface area contributed by atoms with E-state index in [1.165, 1.54) is 12.1 Å². The zero-order valence-corrected chi connectivity index (χ0v) is 14.9. The highest BCUT2D eigenvalue weighted by molar-refractivity contribution is 5.83. The second kappa shape index (κ2) is 7.29. The van der Waals surface area contributed by atoms with Crippen LogP contribution in [0.15, 0.2) is 24.3 Å². The fourth-order valence-corrected chi connectivity index (χ4v) is 4.20. The molecule has 0 saturated carbocycles. The Balaban J connectivity index is 1.34. The van der Waals surface area contributed by atoms with Crippen molar-refractivity contribution in [2.24, 2.45) is 5.92 Å². The Hall–Kier alpha value is -1.84. The van der Waals surface area contributed by atoms with E-state index in [2.05, 4.69) is 16.2 Å². The minimum atomic E-state index is -4.32. The highest BCUT2D eigenvalue weighted by atomic mass is 19.4. The number of hydrogen-bond acceptors (Lipinski definition) is 5. The Morgan fingerprint density at radius 2 is 1.74 bits per heavy atom. The molecule has 1 aromatic carbocycles. The zero-order valence-electron chi connectivity index (χ0n) is 14.9. The maximum Gasteiger partial charge on any atom is 0.416 e. The van der Waals surface area contributed by atoms with Gasteiger partial charge >= 0.3 is 6.18 Å². The third kappa shape index (κ3) is 3.76. The summed E-state index contributed by atoms with van der Waals surface area (Å²) in [4.78, 5) is 16.8. The van der Waals surface area contributed by atoms with E-state index in [9.17, 15) is 18.0 Å². The van der Waals surface area contributed by atoms with Gasteiger partial charge in [0.05, 0.1) is 5.56 Å². The van der Waals surface area contributed by atoms with Crippen LogP contribution in [0.2, 0.25) is 0 Å². The van der Waals surface area contributed by atoms with Crippen LogP contribution in [-0.4, -0.2) is 62.2 Å². The maximum absolute atomic E-state index is 12.9. The van der Waals surface area contributed by atoms with Crippen LogP contribution in [0, 0.1) is 5.92 Å². The molecule has 3 fully saturated rings. The molecule has 6 nitrogen and oxygen atoms in total. The van der Waals surface area contributed by atoms with Gasteiger partial charge in [0.15, 0.2) is 0 Å². The molecule has 3 aliphatic rings. The quantitative estimate of drug-likeness (QED) is 0.706. The molecule has 27 heavy (non-hydrogen) atoms. The molecular weight excluding hydrogens is 359 g/mol. The van der Waals surface area contributed by atoms with Crippen molar-refractivity contribution < 1.29 is 18.0 Å². The number of piperazine rings is 1. The number of nitrogens with zero attached hydrogens (tertiary/aromatic N) is 2. The number of anilines is 1. The van der Waals surface area contributed by atoms with Crippen molar-refractivity contribution >= 4 is 11.6 Å². The number of carbonyl (C=O) groups is 1. The predicted molar refractivity (Wildman–Crippen MR) is 95.1 cm³/mol. The molecule has 3 atom stereocenters. The maximum atomic E-state index is 12.9. The molecule has 1 amide bonds. The fraction of sp³-hybridized carbons (Fsp3) is 0.611. The molecular formula is C18H24F3N5O. The molecule has 0 radical (unpaired) electrons. The first-order chi connectivity index (χ1) is 12.9. The summed E-state index contributed by atoms with van der Waals surface area (Å²) < 4.78 is 38.1. The van der Waals surface area contributed by atoms with Crippen molar-refractivity contribution in [1.29, 1.82) is 0 Å². The molecule has 0 bridgehead atoms. The SMILES string of the molecule is O=C(C1NNC2CCNCC21)N1CCN(c2ccc(C(F)(F)F)cc2)CC1. The standard InChI is InChI=1S/C18H24F3N5O/c19-18(20,21)12-1-3-13(4-2-12)25-7-9-26(10-8-25)17(27)16-14-11-22-6-5-15(14)23-24-16/h1-4,14-16,22-24H,5-11H2. The lowest BCUT2D eigenvalue weighted by molar-refractivity contribution is -0.137. The van der Waals surface area contributed by atoms with E-state index in [4.69, 9.17) is 0 Å². The molecule has 0 aliphatic carbocycles. The van der Waals surface area contributed by atoms with Gasteiger partial charge < -0.3 is 15.1 Å². The Morgan fingerprint density at radius 1 is 1.04 bits per heavy atom. The number of halogens is 3. The van der Waals surface area contributed by atoms with E-state index < -0.39 is 11.7 Å². The van der Waals surface area contributed by atoms with E-state index in [1.807, 2.05) is 9.80 Å². The van der Waals surface area contributed by atoms with Gasteiger partial charge in [0.2, 0.25) is 5.91 Å². The van der Waals surface area contributed by atoms with E-state index in [1.54, 1.807) is 0 Å². The van der Waals surface area contributed by atoms with Crippen LogP contribution in [0.4, 0.5) is 18.9 Å². The van der Waals surface area contributed by atoms with Crippen molar-refractivity contribution in [2.75, 3.05) is 44.2 Å². The molecule has 148 valence electrons. The van der Waals surface area contributed by atoms with Crippen molar-refractivity contribution in [3.05, 3.63) is 29.8 Å². The lowest BCUT2D eigenvalue weighted by Crippen LogP contribution is -2.56. The molecule has 4 rings (SSSR count). The summed E-state index contributed by atoms with van der Waals surface area (Å²) in [5.41, 5.74) is 6.51. The summed E-state index contributed by atoms with van der Waals surface area (Å²) in [5, 5.41) is 3.35. The molecule has 3 unspecified atom stereocenters. The summed E-state index contributed by atoms with van der Waals surface area (Å²) in [5.74, 6) is 0.352. The number of amides is 1. The monoisotopic (exact) mass is 383 g/mol. The third-order valence-corrected chi connectivity index (χ3v) is 5.80. The van der Waals surface area contributed by atoms with Crippen molar-refractivity contribution in [2.45, 2.75) is 24.7 Å². The van der Waals surface area contributed by atoms with Gasteiger partial charge in [-0.15, -0.1) is 0 Å². The number of hydrogen-bond donors (Lipinski definition) is 3. The van der Waals surface area contributed by atoms with Gasteiger partial charge in [-0.3, -0.25) is 10.2 Å². The number of fused-ring (bicyclic) bond motifs is 1. The zero-order chi connectivity index (χ0) is 19.0. The van der Waals surface area contributed by atoms with Crippen molar-refractivity contribution in [1.82, 2.24) is 21.1 Å². The number of nitrogens with one attached hydrogen (secondary N) is 3. The van der Waals surface area contributed by atoms with E-state index in [0.717, 1.165) is 37.3 Å². The number of benzene rings is 1. The van der Waals surface area contributed by atoms with Crippen LogP contribution < -0.4 is 21.1 Å². The van der Waals surface area contributed by atoms with Gasteiger partial charge in [0.1, 0.15) is 6.04 Å². The normalized spacial score (nSPS) is 28.9. The van der Waals surface area contributed by atoms with Crippen LogP contribution in [-0.2, 0) is 11.0 Å². The summed E-state index contributed by atoms with van der Waals surface area (Å²) in [6.45, 7) is 4.16. The average molecular weight is 383 g/mol. The van der Waals surface area contributed by atoms with Crippen LogP contribution in [0.3, 0.4) is 0 Å². The summed E-state index contributed by atoms with van der Waals surface area (Å²) >= 11 is 0. The lowest BCUT2D eigenvalue weighted by atomic mass is 9.89. The Kier molecular flexibility index (Phi) is 5.00. The molecule has 9 heteroatoms. The number of hydrazine groups is 1. The summed E-state index contributed by atoms with van der Waals surface area (Å²) in [6, 6.07) is 5.32. The van der Waals surface area contributed by atoms with Gasteiger partial charge in [0, 0.05) is 50.4 Å². The van der Waals surface area contributed by atoms with Gasteiger partial charge in [-0.1, -0.05) is 0 Å². The molecule has 3 aliphatic heterocycles. The van der Waals surface area contributed by atoms with Gasteiger partial charge in [-0.05, 0) is 37.2 Å². The Morgan fingerprint density at radius 3 is 2.41 bits per heavy atom. The number of alkyl halides is 3. The van der Waals surface area contributed by atoms with Crippen LogP contribution in [0.25, 0.3) is 0 Å². The van der Waals surface area contributed by atoms with E-state index in [-0.39, 0.29) is 17.9 Å². The summed E-state index contributed by atoms with van der Waals surface area (Å²) in [6.07, 6.45) is -3.32. The lowest BCUT2D eigenvalue weighted by Gasteiger charge is -2.38. The molecule has 3 N–H and O–H groups in total. The van der Waals surface area contributed by atoms with Gasteiger partial charge in [0.25, 0.3) is 0 Å². The van der Waals surface area contributed by atoms with Crippen molar-refractivity contribution in [3.8, 4) is 0 Å². The van der Waals surface area contributed by atoms with Gasteiger partial charge in [-0.25, -0.2) is 5.43 Å². The van der Waals surface area contributed by atoms with Gasteiger partial charge in [-0.2, -0.15) is 13.2 Å². The largest absolute Gasteiger partial charge is 0.416 e. The second-order valence-corrected chi connectivity index (χ2v) is 7.39. The molecule has 3 saturated heterocycles. The molecule has 0 spiro atoms. The molecule has 3 heterocycles. The number of piperidine rings is 1. The number of rotatable bonds is 2.